The molecule has 0 saturated carbocycles. The normalized spacial score (nSPS) is 12.3. The molecule has 0 fully saturated rings. The average molecular weight is 327 g/mol. The van der Waals surface area contributed by atoms with Crippen LogP contribution in [0.5, 0.6) is 0 Å². The largest absolute Gasteiger partial charge is 0.369 e. The molecule has 106 valence electrons. The van der Waals surface area contributed by atoms with E-state index in [4.69, 9.17) is 17.3 Å². The third-order valence-corrected chi connectivity index (χ3v) is 5.45. The fourth-order valence-electron chi connectivity index (χ4n) is 1.75. The summed E-state index contributed by atoms with van der Waals surface area (Å²) in [6.45, 7) is 4.02. The van der Waals surface area contributed by atoms with Gasteiger partial charge in [-0.1, -0.05) is 35.5 Å². The summed E-state index contributed by atoms with van der Waals surface area (Å²) in [5, 5.41) is 0.986. The number of carbonyl (C=O) groups is 1. The summed E-state index contributed by atoms with van der Waals surface area (Å²) < 4.78 is 0.950. The molecule has 20 heavy (non-hydrogen) atoms. The van der Waals surface area contributed by atoms with Crippen LogP contribution in [0.2, 0.25) is 5.02 Å². The Morgan fingerprint density at radius 3 is 2.95 bits per heavy atom. The number of primary amides is 1. The fourth-order valence-corrected chi connectivity index (χ4v) is 4.45. The molecule has 0 unspecified atom stereocenters. The highest BCUT2D eigenvalue weighted by Crippen LogP contribution is 2.38. The second-order valence-electron chi connectivity index (χ2n) is 4.45. The van der Waals surface area contributed by atoms with Gasteiger partial charge in [-0.25, -0.2) is 4.98 Å². The van der Waals surface area contributed by atoms with Gasteiger partial charge in [-0.3, -0.25) is 4.79 Å². The number of thioether (sulfide) groups is 1. The van der Waals surface area contributed by atoms with E-state index in [1.165, 1.54) is 11.3 Å². The zero-order valence-electron chi connectivity index (χ0n) is 11.2. The molecule has 0 aliphatic rings. The van der Waals surface area contributed by atoms with Crippen molar-refractivity contribution >= 4 is 40.6 Å². The number of thiazole rings is 1. The minimum Gasteiger partial charge on any atom is -0.369 e. The van der Waals surface area contributed by atoms with Crippen LogP contribution in [0.3, 0.4) is 0 Å². The maximum atomic E-state index is 11.0. The lowest BCUT2D eigenvalue weighted by molar-refractivity contribution is -0.117. The van der Waals surface area contributed by atoms with Gasteiger partial charge in [-0.05, 0) is 31.5 Å². The first-order valence-corrected chi connectivity index (χ1v) is 8.20. The molecule has 0 aliphatic carbocycles. The predicted octanol–water partition coefficient (Wildman–Crippen LogP) is 3.99. The molecule has 1 amide bonds. The standard InChI is InChI=1S/C14H15ClN2OS2/c1-8-12(7-13(16)18)20-14(17-8)19-9(2)10-4-3-5-11(15)6-10/h3-6,9H,7H2,1-2H3,(H2,16,18)/t9-/m0/s1. The van der Waals surface area contributed by atoms with E-state index in [2.05, 4.69) is 11.9 Å². The van der Waals surface area contributed by atoms with Gasteiger partial charge in [0, 0.05) is 15.1 Å². The number of aromatic nitrogens is 1. The van der Waals surface area contributed by atoms with Crippen molar-refractivity contribution in [2.24, 2.45) is 5.73 Å². The van der Waals surface area contributed by atoms with E-state index < -0.39 is 0 Å². The van der Waals surface area contributed by atoms with Crippen LogP contribution in [-0.2, 0) is 11.2 Å². The van der Waals surface area contributed by atoms with Crippen LogP contribution in [0.1, 0.15) is 28.3 Å². The lowest BCUT2D eigenvalue weighted by Crippen LogP contribution is -2.13. The van der Waals surface area contributed by atoms with Gasteiger partial charge in [0.1, 0.15) is 0 Å². The molecule has 0 saturated heterocycles. The number of nitrogens with zero attached hydrogens (tertiary/aromatic N) is 1. The number of carbonyl (C=O) groups excluding carboxylic acids is 1. The highest BCUT2D eigenvalue weighted by molar-refractivity contribution is 8.01. The SMILES string of the molecule is Cc1nc(S[C@@H](C)c2cccc(Cl)c2)sc1CC(N)=O. The van der Waals surface area contributed by atoms with Gasteiger partial charge in [-0.2, -0.15) is 0 Å². The number of hydrogen-bond donors (Lipinski definition) is 1. The van der Waals surface area contributed by atoms with Crippen LogP contribution in [0.4, 0.5) is 0 Å². The smallest absolute Gasteiger partial charge is 0.222 e. The third kappa shape index (κ3) is 3.98. The van der Waals surface area contributed by atoms with Gasteiger partial charge in [0.15, 0.2) is 4.34 Å². The molecule has 2 aromatic rings. The Hall–Kier alpha value is -1.04. The van der Waals surface area contributed by atoms with Crippen molar-refractivity contribution in [2.45, 2.75) is 29.9 Å². The van der Waals surface area contributed by atoms with Crippen LogP contribution >= 0.6 is 34.7 Å². The average Bonchev–Trinajstić information content (AvgIpc) is 2.68. The van der Waals surface area contributed by atoms with Crippen LogP contribution in [-0.4, -0.2) is 10.9 Å². The number of benzene rings is 1. The number of hydrogen-bond acceptors (Lipinski definition) is 4. The van der Waals surface area contributed by atoms with Crippen molar-refractivity contribution < 1.29 is 4.79 Å². The molecule has 6 heteroatoms. The van der Waals surface area contributed by atoms with Crippen LogP contribution in [0.25, 0.3) is 0 Å². The van der Waals surface area contributed by atoms with Crippen LogP contribution < -0.4 is 5.73 Å². The molecule has 1 aromatic carbocycles. The maximum absolute atomic E-state index is 11.0. The summed E-state index contributed by atoms with van der Waals surface area (Å²) in [5.74, 6) is -0.323. The van der Waals surface area contributed by atoms with Crippen molar-refractivity contribution in [3.05, 3.63) is 45.4 Å². The molecule has 1 heterocycles. The zero-order valence-corrected chi connectivity index (χ0v) is 13.6. The summed E-state index contributed by atoms with van der Waals surface area (Å²) in [7, 11) is 0. The van der Waals surface area contributed by atoms with E-state index in [1.807, 2.05) is 31.2 Å². The number of amides is 1. The topological polar surface area (TPSA) is 56.0 Å². The second-order valence-corrected chi connectivity index (χ2v) is 7.55. The first-order valence-electron chi connectivity index (χ1n) is 6.12. The van der Waals surface area contributed by atoms with Crippen LogP contribution in [0, 0.1) is 6.92 Å². The zero-order chi connectivity index (χ0) is 14.7. The van der Waals surface area contributed by atoms with Gasteiger partial charge in [0.2, 0.25) is 5.91 Å². The van der Waals surface area contributed by atoms with Crippen molar-refractivity contribution in [3.63, 3.8) is 0 Å². The highest BCUT2D eigenvalue weighted by atomic mass is 35.5. The first kappa shape index (κ1) is 15.4. The molecule has 2 rings (SSSR count). The molecule has 3 nitrogen and oxygen atoms in total. The lowest BCUT2D eigenvalue weighted by Gasteiger charge is -2.09. The van der Waals surface area contributed by atoms with Crippen LogP contribution in [0.15, 0.2) is 28.6 Å². The summed E-state index contributed by atoms with van der Waals surface area (Å²) in [4.78, 5) is 16.4. The lowest BCUT2D eigenvalue weighted by atomic mass is 10.2. The quantitative estimate of drug-likeness (QED) is 0.845. The molecule has 0 spiro atoms. The maximum Gasteiger partial charge on any atom is 0.222 e. The first-order chi connectivity index (χ1) is 9.45. The van der Waals surface area contributed by atoms with E-state index in [9.17, 15) is 4.79 Å². The van der Waals surface area contributed by atoms with Gasteiger partial charge < -0.3 is 5.73 Å². The number of aryl methyl sites for hydroxylation is 1. The van der Waals surface area contributed by atoms with Gasteiger partial charge in [0.05, 0.1) is 12.1 Å². The Morgan fingerprint density at radius 2 is 2.30 bits per heavy atom. The summed E-state index contributed by atoms with van der Waals surface area (Å²) in [6, 6.07) is 7.82. The Morgan fingerprint density at radius 1 is 1.55 bits per heavy atom. The Kier molecular flexibility index (Phi) is 5.07. The molecular formula is C14H15ClN2OS2. The fraction of sp³-hybridized carbons (Fsp3) is 0.286. The molecule has 1 aromatic heterocycles. The number of halogens is 1. The second kappa shape index (κ2) is 6.61. The Labute approximate surface area is 131 Å². The van der Waals surface area contributed by atoms with Gasteiger partial charge in [-0.15, -0.1) is 11.3 Å². The summed E-state index contributed by atoms with van der Waals surface area (Å²) in [6.07, 6.45) is 0.260. The van der Waals surface area contributed by atoms with Crippen molar-refractivity contribution in [2.75, 3.05) is 0 Å². The Bertz CT molecular complexity index is 627. The van der Waals surface area contributed by atoms with E-state index in [0.717, 1.165) is 25.5 Å². The van der Waals surface area contributed by atoms with Crippen molar-refractivity contribution in [1.82, 2.24) is 4.98 Å². The van der Waals surface area contributed by atoms with E-state index in [-0.39, 0.29) is 17.6 Å². The van der Waals surface area contributed by atoms with Gasteiger partial charge in [0.25, 0.3) is 0 Å². The third-order valence-electron chi connectivity index (χ3n) is 2.80. The van der Waals surface area contributed by atoms with Gasteiger partial charge >= 0.3 is 0 Å². The minimum absolute atomic E-state index is 0.251. The van der Waals surface area contributed by atoms with E-state index in [1.54, 1.807) is 11.8 Å². The summed E-state index contributed by atoms with van der Waals surface area (Å²) in [5.41, 5.74) is 7.27. The number of rotatable bonds is 5. The molecule has 2 N–H and O–H groups in total. The van der Waals surface area contributed by atoms with E-state index in [0.29, 0.717) is 0 Å². The monoisotopic (exact) mass is 326 g/mol. The molecule has 0 aliphatic heterocycles. The van der Waals surface area contributed by atoms with E-state index >= 15 is 0 Å². The molecule has 0 bridgehead atoms. The molecule has 0 radical (unpaired) electrons. The highest BCUT2D eigenvalue weighted by Gasteiger charge is 2.14. The summed E-state index contributed by atoms with van der Waals surface area (Å²) >= 11 is 9.20. The van der Waals surface area contributed by atoms with Crippen molar-refractivity contribution in [1.29, 1.82) is 0 Å². The van der Waals surface area contributed by atoms with Crippen molar-refractivity contribution in [3.8, 4) is 0 Å². The molecule has 1 atom stereocenters. The predicted molar refractivity (Wildman–Crippen MR) is 85.5 cm³/mol. The minimum atomic E-state index is -0.323. The molecular weight excluding hydrogens is 312 g/mol. The Balaban J connectivity index is 2.12. The number of nitrogens with two attached hydrogens (primary N) is 1.